The van der Waals surface area contributed by atoms with Crippen molar-refractivity contribution in [2.75, 3.05) is 0 Å². The largest absolute Gasteiger partial charge is 0.311 e. The van der Waals surface area contributed by atoms with Gasteiger partial charge in [-0.25, -0.2) is 4.39 Å². The third-order valence-corrected chi connectivity index (χ3v) is 3.43. The molecule has 0 aromatic heterocycles. The summed E-state index contributed by atoms with van der Waals surface area (Å²) in [6.45, 7) is 2.09. The highest BCUT2D eigenvalue weighted by Crippen LogP contribution is 2.38. The van der Waals surface area contributed by atoms with Gasteiger partial charge in [0.1, 0.15) is 5.82 Å². The van der Waals surface area contributed by atoms with Gasteiger partial charge in [-0.3, -0.25) is 0 Å². The number of nitrogens with one attached hydrogen (secondary N) is 1. The Morgan fingerprint density at radius 3 is 2.82 bits per heavy atom. The summed E-state index contributed by atoms with van der Waals surface area (Å²) in [6.07, 6.45) is 8.03. The van der Waals surface area contributed by atoms with Crippen molar-refractivity contribution in [3.8, 4) is 12.3 Å². The minimum atomic E-state index is -0.0763. The second-order valence-corrected chi connectivity index (χ2v) is 4.86. The molecule has 1 aromatic rings. The molecule has 1 nitrogen and oxygen atoms in total. The van der Waals surface area contributed by atoms with Crippen molar-refractivity contribution in [1.82, 2.24) is 5.32 Å². The van der Waals surface area contributed by atoms with E-state index in [1.54, 1.807) is 6.07 Å². The summed E-state index contributed by atoms with van der Waals surface area (Å²) in [6, 6.07) is 7.91. The molecule has 0 amide bonds. The molecule has 1 fully saturated rings. The molecule has 2 rings (SSSR count). The second kappa shape index (κ2) is 5.33. The van der Waals surface area contributed by atoms with Crippen LogP contribution in [0.5, 0.6) is 0 Å². The Labute approximate surface area is 102 Å². The summed E-state index contributed by atoms with van der Waals surface area (Å²) in [7, 11) is 0. The van der Waals surface area contributed by atoms with Crippen LogP contribution < -0.4 is 5.32 Å². The van der Waals surface area contributed by atoms with E-state index in [2.05, 4.69) is 18.2 Å². The second-order valence-electron chi connectivity index (χ2n) is 4.86. The fourth-order valence-electron chi connectivity index (χ4n) is 2.45. The highest BCUT2D eigenvalue weighted by atomic mass is 19.1. The van der Waals surface area contributed by atoms with Crippen LogP contribution in [0.3, 0.4) is 0 Å². The molecule has 0 heterocycles. The average Bonchev–Trinajstić information content (AvgIpc) is 2.25. The quantitative estimate of drug-likeness (QED) is 0.785. The van der Waals surface area contributed by atoms with E-state index in [1.807, 2.05) is 12.1 Å². The number of hydrogen-bond donors (Lipinski definition) is 1. The maximum atomic E-state index is 13.5. The maximum absolute atomic E-state index is 13.5. The van der Waals surface area contributed by atoms with Gasteiger partial charge in [-0.05, 0) is 37.3 Å². The molecule has 1 aliphatic rings. The lowest BCUT2D eigenvalue weighted by Crippen LogP contribution is -2.44. The molecule has 0 saturated heterocycles. The lowest BCUT2D eigenvalue weighted by Gasteiger charge is -2.38. The standard InChI is InChI=1S/C15H18FN/c1-3-6-11(2)17-13-9-12(10-13)14-7-4-5-8-15(14)16/h1,4-5,7-8,11-13,17H,6,9-10H2,2H3. The van der Waals surface area contributed by atoms with Gasteiger partial charge in [-0.1, -0.05) is 18.2 Å². The molecule has 0 radical (unpaired) electrons. The number of hydrogen-bond acceptors (Lipinski definition) is 1. The normalized spacial score (nSPS) is 24.8. The first-order valence-corrected chi connectivity index (χ1v) is 6.14. The van der Waals surface area contributed by atoms with Crippen molar-refractivity contribution in [3.63, 3.8) is 0 Å². The zero-order chi connectivity index (χ0) is 12.3. The van der Waals surface area contributed by atoms with Gasteiger partial charge in [-0.2, -0.15) is 0 Å². The van der Waals surface area contributed by atoms with Gasteiger partial charge >= 0.3 is 0 Å². The lowest BCUT2D eigenvalue weighted by molar-refractivity contribution is 0.266. The van der Waals surface area contributed by atoms with Crippen LogP contribution in [0, 0.1) is 18.2 Å². The van der Waals surface area contributed by atoms with Crippen molar-refractivity contribution in [3.05, 3.63) is 35.6 Å². The minimum Gasteiger partial charge on any atom is -0.311 e. The van der Waals surface area contributed by atoms with Crippen LogP contribution in [-0.2, 0) is 0 Å². The Bertz CT molecular complexity index is 415. The SMILES string of the molecule is C#CCC(C)NC1CC(c2ccccc2F)C1. The smallest absolute Gasteiger partial charge is 0.126 e. The van der Waals surface area contributed by atoms with Gasteiger partial charge in [0.25, 0.3) is 0 Å². The zero-order valence-corrected chi connectivity index (χ0v) is 10.1. The molecule has 1 unspecified atom stereocenters. The van der Waals surface area contributed by atoms with Crippen LogP contribution >= 0.6 is 0 Å². The van der Waals surface area contributed by atoms with Gasteiger partial charge in [0.15, 0.2) is 0 Å². The third-order valence-electron chi connectivity index (χ3n) is 3.43. The fraction of sp³-hybridized carbons (Fsp3) is 0.467. The molecular weight excluding hydrogens is 213 g/mol. The molecule has 2 heteroatoms. The molecule has 1 aromatic carbocycles. The van der Waals surface area contributed by atoms with Crippen LogP contribution in [0.1, 0.15) is 37.7 Å². The molecule has 1 atom stereocenters. The van der Waals surface area contributed by atoms with E-state index in [0.29, 0.717) is 18.0 Å². The summed E-state index contributed by atoms with van der Waals surface area (Å²) in [5, 5.41) is 3.47. The van der Waals surface area contributed by atoms with E-state index < -0.39 is 0 Å². The van der Waals surface area contributed by atoms with Gasteiger partial charge < -0.3 is 5.32 Å². The van der Waals surface area contributed by atoms with Gasteiger partial charge in [0.05, 0.1) is 0 Å². The van der Waals surface area contributed by atoms with E-state index in [1.165, 1.54) is 6.07 Å². The zero-order valence-electron chi connectivity index (χ0n) is 10.1. The molecule has 1 N–H and O–H groups in total. The van der Waals surface area contributed by atoms with Crippen molar-refractivity contribution < 1.29 is 4.39 Å². The van der Waals surface area contributed by atoms with E-state index in [0.717, 1.165) is 24.8 Å². The minimum absolute atomic E-state index is 0.0763. The molecule has 90 valence electrons. The number of halogens is 1. The van der Waals surface area contributed by atoms with Gasteiger partial charge in [0, 0.05) is 18.5 Å². The Morgan fingerprint density at radius 1 is 1.47 bits per heavy atom. The Kier molecular flexibility index (Phi) is 3.81. The van der Waals surface area contributed by atoms with Crippen molar-refractivity contribution >= 4 is 0 Å². The van der Waals surface area contributed by atoms with Crippen LogP contribution in [0.25, 0.3) is 0 Å². The van der Waals surface area contributed by atoms with Crippen molar-refractivity contribution in [1.29, 1.82) is 0 Å². The molecular formula is C15H18FN. The van der Waals surface area contributed by atoms with E-state index >= 15 is 0 Å². The molecule has 0 aliphatic heterocycles. The molecule has 17 heavy (non-hydrogen) atoms. The van der Waals surface area contributed by atoms with Gasteiger partial charge in [0.2, 0.25) is 0 Å². The van der Waals surface area contributed by atoms with Crippen molar-refractivity contribution in [2.24, 2.45) is 0 Å². The number of benzene rings is 1. The van der Waals surface area contributed by atoms with E-state index in [9.17, 15) is 4.39 Å². The maximum Gasteiger partial charge on any atom is 0.126 e. The first kappa shape index (κ1) is 12.1. The lowest BCUT2D eigenvalue weighted by atomic mass is 9.75. The topological polar surface area (TPSA) is 12.0 Å². The monoisotopic (exact) mass is 231 g/mol. The fourth-order valence-corrected chi connectivity index (χ4v) is 2.45. The first-order chi connectivity index (χ1) is 8.20. The predicted octanol–water partition coefficient (Wildman–Crippen LogP) is 3.07. The van der Waals surface area contributed by atoms with Crippen LogP contribution in [-0.4, -0.2) is 12.1 Å². The highest BCUT2D eigenvalue weighted by Gasteiger charge is 2.32. The van der Waals surface area contributed by atoms with E-state index in [-0.39, 0.29) is 5.82 Å². The Morgan fingerprint density at radius 2 is 2.18 bits per heavy atom. The summed E-state index contributed by atoms with van der Waals surface area (Å²) in [5.74, 6) is 2.94. The summed E-state index contributed by atoms with van der Waals surface area (Å²) in [4.78, 5) is 0. The Hall–Kier alpha value is -1.33. The summed E-state index contributed by atoms with van der Waals surface area (Å²) < 4.78 is 13.5. The van der Waals surface area contributed by atoms with E-state index in [4.69, 9.17) is 6.42 Å². The molecule has 1 saturated carbocycles. The molecule has 1 aliphatic carbocycles. The number of rotatable bonds is 4. The summed E-state index contributed by atoms with van der Waals surface area (Å²) in [5.41, 5.74) is 0.857. The Balaban J connectivity index is 1.83. The highest BCUT2D eigenvalue weighted by molar-refractivity contribution is 5.24. The first-order valence-electron chi connectivity index (χ1n) is 6.14. The predicted molar refractivity (Wildman–Crippen MR) is 68.2 cm³/mol. The van der Waals surface area contributed by atoms with Crippen molar-refractivity contribution in [2.45, 2.75) is 44.2 Å². The van der Waals surface area contributed by atoms with Crippen LogP contribution in [0.2, 0.25) is 0 Å². The average molecular weight is 231 g/mol. The molecule has 0 bridgehead atoms. The molecule has 0 spiro atoms. The summed E-state index contributed by atoms with van der Waals surface area (Å²) >= 11 is 0. The van der Waals surface area contributed by atoms with Crippen LogP contribution in [0.4, 0.5) is 4.39 Å². The third kappa shape index (κ3) is 2.87. The number of terminal acetylenes is 1. The van der Waals surface area contributed by atoms with Crippen LogP contribution in [0.15, 0.2) is 24.3 Å². The van der Waals surface area contributed by atoms with Gasteiger partial charge in [-0.15, -0.1) is 12.3 Å².